The standard InChI is InChI=1S/C20H30BCl2N2O4.C20H30BCl2N2O3.C15H22Cl2N2O3/c1-15-5-6-18(25(9-7-22)28-10-8-23)12-16(15)11-17(24-21-14-26)13-19(27)29-20(2,3)4;1-15-5-6-18(25(9-7-22)10-8-23)12-16(15)11-17(24-21-14-26)13-19(27)28-20(2,3)4;1-11-2-3-14(19(6-4-16)22-7-5-17)9-12(11)8-13(18)10-15(20)21/h5-6,12,14,17,24H,7-11,13H2,1-4H3;5-6,12,14,17,24H,7-11,13H2,1-4H3;2-3,9,13H,4-8,10,18H2,1H3,(H,20,21)/t2*17-;13-/m111/s1. The number of nitrogens with two attached hydrogens (primary N) is 1. The van der Waals surface area contributed by atoms with Gasteiger partial charge in [-0.15, -0.1) is 69.6 Å². The van der Waals surface area contributed by atoms with Crippen LogP contribution in [0.5, 0.6) is 0 Å². The number of esters is 2. The Labute approximate surface area is 501 Å². The topological polar surface area (TPSA) is 202 Å². The van der Waals surface area contributed by atoms with Crippen LogP contribution in [-0.4, -0.2) is 154 Å². The fourth-order valence-corrected chi connectivity index (χ4v) is 8.56. The largest absolute Gasteiger partial charge is 0.481 e. The van der Waals surface area contributed by atoms with Gasteiger partial charge in [-0.1, -0.05) is 18.2 Å². The van der Waals surface area contributed by atoms with E-state index in [1.165, 1.54) is 14.8 Å². The number of benzene rings is 3. The number of alkyl halides is 6. The summed E-state index contributed by atoms with van der Waals surface area (Å²) in [6.45, 7) is 20.2. The Kier molecular flexibility index (Phi) is 37.8. The Morgan fingerprint density at radius 1 is 0.570 bits per heavy atom. The second-order valence-electron chi connectivity index (χ2n) is 20.2. The van der Waals surface area contributed by atoms with Gasteiger partial charge >= 0.3 is 17.9 Å². The molecule has 3 atom stereocenters. The van der Waals surface area contributed by atoms with E-state index >= 15 is 0 Å². The van der Waals surface area contributed by atoms with Gasteiger partial charge in [0.05, 0.1) is 69.3 Å². The predicted octanol–water partition coefficient (Wildman–Crippen LogP) is 9.13. The van der Waals surface area contributed by atoms with Gasteiger partial charge in [0.2, 0.25) is 0 Å². The first kappa shape index (κ1) is 73.5. The van der Waals surface area contributed by atoms with Crippen LogP contribution < -0.4 is 31.2 Å². The second-order valence-corrected chi connectivity index (χ2v) is 22.5. The summed E-state index contributed by atoms with van der Waals surface area (Å²) in [4.78, 5) is 70.2. The zero-order valence-electron chi connectivity index (χ0n) is 47.3. The molecule has 0 aromatic heterocycles. The SMILES string of the molecule is Cc1ccc(N(CCCl)CCCl)cc1C[C@H](CC(=O)OC(C)(C)C)N[B]C=O.Cc1ccc(N(CCCl)OCCCl)cc1C[C@@H](N)CC(=O)O.Cc1ccc(N(CCCl)OCCCl)cc1C[C@H](CC(=O)OC(C)(C)C)N[B]C=O. The van der Waals surface area contributed by atoms with Gasteiger partial charge in [-0.25, -0.2) is 0 Å². The smallest absolute Gasteiger partial charge is 0.307 e. The van der Waals surface area contributed by atoms with Crippen molar-refractivity contribution in [3.05, 3.63) is 88.0 Å². The molecule has 0 amide bonds. The van der Waals surface area contributed by atoms with E-state index in [1.54, 1.807) is 10.1 Å². The number of aryl methyl sites for hydroxylation is 3. The number of halogens is 6. The summed E-state index contributed by atoms with van der Waals surface area (Å²) in [6.07, 6.45) is 3.19. The van der Waals surface area contributed by atoms with Gasteiger partial charge in [-0.3, -0.25) is 34.2 Å². The van der Waals surface area contributed by atoms with Crippen LogP contribution in [0.3, 0.4) is 0 Å². The lowest BCUT2D eigenvalue weighted by Crippen LogP contribution is -2.38. The number of hydrogen-bond donors (Lipinski definition) is 4. The highest BCUT2D eigenvalue weighted by atomic mass is 35.5. The zero-order valence-corrected chi connectivity index (χ0v) is 51.8. The number of carbonyl (C=O) groups is 5. The van der Waals surface area contributed by atoms with Crippen molar-refractivity contribution < 1.29 is 48.2 Å². The lowest BCUT2D eigenvalue weighted by Gasteiger charge is -2.26. The number of nitrogens with one attached hydrogen (secondary N) is 2. The maximum absolute atomic E-state index is 12.3. The van der Waals surface area contributed by atoms with Crippen molar-refractivity contribution in [2.75, 3.05) is 89.7 Å². The average Bonchev–Trinajstić information content (AvgIpc) is 3.36. The van der Waals surface area contributed by atoms with Gasteiger partial charge < -0.3 is 45.3 Å². The lowest BCUT2D eigenvalue weighted by atomic mass is 9.91. The molecule has 0 aliphatic carbocycles. The van der Waals surface area contributed by atoms with Crippen molar-refractivity contribution in [2.24, 2.45) is 5.73 Å². The van der Waals surface area contributed by atoms with Crippen molar-refractivity contribution >= 4 is 132 Å². The minimum Gasteiger partial charge on any atom is -0.481 e. The van der Waals surface area contributed by atoms with Gasteiger partial charge in [-0.2, -0.15) is 0 Å². The Morgan fingerprint density at radius 2 is 0.924 bits per heavy atom. The molecule has 0 aliphatic heterocycles. The van der Waals surface area contributed by atoms with E-state index in [4.69, 9.17) is 99.6 Å². The number of anilines is 3. The van der Waals surface area contributed by atoms with Crippen LogP contribution in [0.4, 0.5) is 17.1 Å². The number of nitrogens with zero attached hydrogens (tertiary/aromatic N) is 3. The molecule has 0 heterocycles. The normalized spacial score (nSPS) is 12.3. The summed E-state index contributed by atoms with van der Waals surface area (Å²) < 4.78 is 10.8. The third-order valence-electron chi connectivity index (χ3n) is 11.2. The molecule has 0 bridgehead atoms. The van der Waals surface area contributed by atoms with Crippen molar-refractivity contribution in [3.63, 3.8) is 0 Å². The predicted molar refractivity (Wildman–Crippen MR) is 328 cm³/mol. The molecule has 0 aliphatic rings. The number of hydrogen-bond acceptors (Lipinski definition) is 15. The molecule has 24 heteroatoms. The number of aliphatic carboxylic acids is 1. The monoisotopic (exact) mass is 1220 g/mol. The number of ether oxygens (including phenoxy) is 2. The van der Waals surface area contributed by atoms with Crippen LogP contribution in [-0.2, 0) is 62.4 Å². The molecule has 79 heavy (non-hydrogen) atoms. The fourth-order valence-electron chi connectivity index (χ4n) is 7.70. The van der Waals surface area contributed by atoms with E-state index in [1.807, 2.05) is 111 Å². The van der Waals surface area contributed by atoms with E-state index in [0.717, 1.165) is 50.4 Å². The molecule has 3 aromatic carbocycles. The van der Waals surface area contributed by atoms with Gasteiger partial charge in [0.1, 0.15) is 11.2 Å². The van der Waals surface area contributed by atoms with Crippen LogP contribution in [0.1, 0.15) is 94.2 Å². The molecule has 3 aromatic rings. The third kappa shape index (κ3) is 32.6. The molecular formula is C55H82B2Cl6N6O10. The van der Waals surface area contributed by atoms with E-state index in [2.05, 4.69) is 21.4 Å². The molecular weight excluding hydrogens is 1140 g/mol. The first-order valence-electron chi connectivity index (χ1n) is 26.0. The number of carboxylic acid groups (broad SMARTS) is 1. The van der Waals surface area contributed by atoms with Crippen LogP contribution in [0, 0.1) is 20.8 Å². The second kappa shape index (κ2) is 40.6. The minimum absolute atomic E-state index is 0.0577. The Bertz CT molecular complexity index is 2260. The van der Waals surface area contributed by atoms with Crippen molar-refractivity contribution in [3.8, 4) is 0 Å². The number of carbonyl (C=O) groups excluding carboxylic acids is 4. The van der Waals surface area contributed by atoms with Gasteiger partial charge in [0.25, 0.3) is 14.8 Å². The number of hydroxylamine groups is 2. The van der Waals surface area contributed by atoms with Crippen molar-refractivity contribution in [2.45, 2.75) is 130 Å². The molecule has 0 saturated carbocycles. The first-order chi connectivity index (χ1) is 37.4. The Balaban J connectivity index is 0.000000598. The fraction of sp³-hybridized carbons (Fsp3) is 0.582. The van der Waals surface area contributed by atoms with Crippen LogP contribution >= 0.6 is 69.6 Å². The summed E-state index contributed by atoms with van der Waals surface area (Å²) in [5.74, 6) is 1.10. The Morgan fingerprint density at radius 3 is 1.25 bits per heavy atom. The van der Waals surface area contributed by atoms with Crippen molar-refractivity contribution in [1.29, 1.82) is 0 Å². The average molecular weight is 1220 g/mol. The van der Waals surface area contributed by atoms with E-state index in [9.17, 15) is 24.0 Å². The van der Waals surface area contributed by atoms with Crippen LogP contribution in [0.15, 0.2) is 54.6 Å². The highest BCUT2D eigenvalue weighted by molar-refractivity contribution is 6.64. The maximum Gasteiger partial charge on any atom is 0.307 e. The number of rotatable bonds is 35. The summed E-state index contributed by atoms with van der Waals surface area (Å²) in [6, 6.07) is 17.0. The molecule has 0 saturated heterocycles. The summed E-state index contributed by atoms with van der Waals surface area (Å²) in [5.41, 5.74) is 13.9. The van der Waals surface area contributed by atoms with Crippen molar-refractivity contribution in [1.82, 2.24) is 10.5 Å². The molecule has 0 spiro atoms. The molecule has 440 valence electrons. The van der Waals surface area contributed by atoms with Gasteiger partial charge in [-0.05, 0) is 151 Å². The van der Waals surface area contributed by atoms with Gasteiger partial charge in [0, 0.05) is 72.2 Å². The molecule has 0 unspecified atom stereocenters. The summed E-state index contributed by atoms with van der Waals surface area (Å²) in [7, 11) is 2.62. The molecule has 5 N–H and O–H groups in total. The van der Waals surface area contributed by atoms with Crippen LogP contribution in [0.2, 0.25) is 0 Å². The first-order valence-corrected chi connectivity index (χ1v) is 29.3. The van der Waals surface area contributed by atoms with Crippen LogP contribution in [0.25, 0.3) is 0 Å². The summed E-state index contributed by atoms with van der Waals surface area (Å²) in [5, 5.41) is 18.2. The third-order valence-corrected chi connectivity index (χ3v) is 12.2. The molecule has 0 fully saturated rings. The highest BCUT2D eigenvalue weighted by Gasteiger charge is 2.24. The van der Waals surface area contributed by atoms with Gasteiger partial charge in [0.15, 0.2) is 0 Å². The van der Waals surface area contributed by atoms with E-state index in [-0.39, 0.29) is 43.3 Å². The molecule has 16 nitrogen and oxygen atoms in total. The molecule has 2 radical (unpaired) electrons. The highest BCUT2D eigenvalue weighted by Crippen LogP contribution is 2.25. The van der Waals surface area contributed by atoms with E-state index < -0.39 is 23.2 Å². The lowest BCUT2D eigenvalue weighted by molar-refractivity contribution is -0.156. The quantitative estimate of drug-likeness (QED) is 0.0143. The molecule has 3 rings (SSSR count). The van der Waals surface area contributed by atoms with E-state index in [0.29, 0.717) is 106 Å². The number of carboxylic acids is 1. The minimum atomic E-state index is -0.893. The zero-order chi connectivity index (χ0) is 59.6. The maximum atomic E-state index is 12.3. The Hall–Kier alpha value is -3.52. The summed E-state index contributed by atoms with van der Waals surface area (Å²) >= 11 is 34.9.